The molecule has 0 saturated carbocycles. The van der Waals surface area contributed by atoms with Crippen molar-refractivity contribution in [1.82, 2.24) is 0 Å². The minimum Gasteiger partial charge on any atom is -0.242 e. The first-order valence-corrected chi connectivity index (χ1v) is 6.05. The van der Waals surface area contributed by atoms with Crippen LogP contribution in [-0.2, 0) is 6.42 Å². The highest BCUT2D eigenvalue weighted by Gasteiger charge is 2.10. The second-order valence-electron chi connectivity index (χ2n) is 3.85. The van der Waals surface area contributed by atoms with Gasteiger partial charge in [0.05, 0.1) is 0 Å². The van der Waals surface area contributed by atoms with E-state index in [1.54, 1.807) is 36.4 Å². The maximum Gasteiger partial charge on any atom is 0.129 e. The van der Waals surface area contributed by atoms with E-state index in [2.05, 4.69) is 0 Å². The molecule has 0 aliphatic heterocycles. The fraction of sp³-hybridized carbons (Fsp3) is 0.143. The molecule has 3 heteroatoms. The third-order valence-electron chi connectivity index (χ3n) is 2.56. The summed E-state index contributed by atoms with van der Waals surface area (Å²) in [6.07, 6.45) is -0.674. The smallest absolute Gasteiger partial charge is 0.129 e. The highest BCUT2D eigenvalue weighted by Crippen LogP contribution is 2.24. The molecule has 0 aliphatic carbocycles. The molecule has 0 fully saturated rings. The quantitative estimate of drug-likeness (QED) is 0.714. The molecule has 1 atom stereocenters. The topological polar surface area (TPSA) is 0 Å². The maximum atomic E-state index is 14.0. The Hall–Kier alpha value is -1.05. The van der Waals surface area contributed by atoms with E-state index in [1.165, 1.54) is 0 Å². The van der Waals surface area contributed by atoms with Crippen molar-refractivity contribution in [3.8, 4) is 0 Å². The van der Waals surface area contributed by atoms with Crippen LogP contribution in [0, 0.1) is 0 Å². The van der Waals surface area contributed by atoms with Gasteiger partial charge in [-0.1, -0.05) is 47.5 Å². The molecule has 2 aromatic rings. The average molecular weight is 269 g/mol. The molecule has 0 heterocycles. The summed E-state index contributed by atoms with van der Waals surface area (Å²) >= 11 is 11.5. The zero-order chi connectivity index (χ0) is 12.3. The van der Waals surface area contributed by atoms with E-state index in [-0.39, 0.29) is 0 Å². The monoisotopic (exact) mass is 268 g/mol. The van der Waals surface area contributed by atoms with Crippen LogP contribution in [0.5, 0.6) is 0 Å². The summed E-state index contributed by atoms with van der Waals surface area (Å²) in [7, 11) is 0. The lowest BCUT2D eigenvalue weighted by Crippen LogP contribution is -1.96. The molecular weight excluding hydrogens is 258 g/mol. The average Bonchev–Trinajstić information content (AvgIpc) is 2.33. The molecule has 0 amide bonds. The number of rotatable bonds is 3. The largest absolute Gasteiger partial charge is 0.242 e. The predicted octanol–water partition coefficient (Wildman–Crippen LogP) is 5.25. The number of hydrogen-bond donors (Lipinski definition) is 0. The lowest BCUT2D eigenvalue weighted by molar-refractivity contribution is 0.342. The van der Waals surface area contributed by atoms with Crippen molar-refractivity contribution in [2.75, 3.05) is 0 Å². The van der Waals surface area contributed by atoms with Crippen LogP contribution in [0.25, 0.3) is 0 Å². The number of benzene rings is 2. The van der Waals surface area contributed by atoms with E-state index >= 15 is 0 Å². The molecule has 88 valence electrons. The number of hydrogen-bond acceptors (Lipinski definition) is 0. The SMILES string of the molecule is FC(Cc1ccc(Cl)cc1)c1ccc(Cl)cc1. The maximum absolute atomic E-state index is 14.0. The third-order valence-corrected chi connectivity index (χ3v) is 3.06. The molecule has 0 aromatic heterocycles. The Labute approximate surface area is 110 Å². The molecule has 0 bridgehead atoms. The summed E-state index contributed by atoms with van der Waals surface area (Å²) in [5, 5.41) is 1.28. The first-order valence-electron chi connectivity index (χ1n) is 5.29. The van der Waals surface area contributed by atoms with Crippen LogP contribution >= 0.6 is 23.2 Å². The van der Waals surface area contributed by atoms with E-state index in [1.807, 2.05) is 12.1 Å². The van der Waals surface area contributed by atoms with Gasteiger partial charge in [0.15, 0.2) is 0 Å². The Balaban J connectivity index is 2.08. The normalized spacial score (nSPS) is 12.4. The number of halogens is 3. The van der Waals surface area contributed by atoms with Crippen LogP contribution in [0.4, 0.5) is 4.39 Å². The molecule has 0 aliphatic rings. The minimum absolute atomic E-state index is 0.346. The van der Waals surface area contributed by atoms with Gasteiger partial charge in [0.2, 0.25) is 0 Å². The fourth-order valence-electron chi connectivity index (χ4n) is 1.62. The summed E-state index contributed by atoms with van der Waals surface area (Å²) in [5.41, 5.74) is 1.57. The van der Waals surface area contributed by atoms with Crippen LogP contribution in [-0.4, -0.2) is 0 Å². The Morgan fingerprint density at radius 2 is 1.29 bits per heavy atom. The van der Waals surface area contributed by atoms with Crippen molar-refractivity contribution >= 4 is 23.2 Å². The molecule has 0 radical (unpaired) electrons. The van der Waals surface area contributed by atoms with Crippen molar-refractivity contribution in [2.45, 2.75) is 12.6 Å². The van der Waals surface area contributed by atoms with Gasteiger partial charge >= 0.3 is 0 Å². The van der Waals surface area contributed by atoms with Crippen LogP contribution in [0.3, 0.4) is 0 Å². The van der Waals surface area contributed by atoms with E-state index in [4.69, 9.17) is 23.2 Å². The van der Waals surface area contributed by atoms with Crippen molar-refractivity contribution < 1.29 is 4.39 Å². The molecule has 17 heavy (non-hydrogen) atoms. The van der Waals surface area contributed by atoms with Crippen LogP contribution in [0.2, 0.25) is 10.0 Å². The first-order chi connectivity index (χ1) is 8.15. The minimum atomic E-state index is -1.02. The van der Waals surface area contributed by atoms with E-state index in [0.29, 0.717) is 22.0 Å². The van der Waals surface area contributed by atoms with Gasteiger partial charge in [-0.25, -0.2) is 4.39 Å². The summed E-state index contributed by atoms with van der Waals surface area (Å²) in [6.45, 7) is 0. The van der Waals surface area contributed by atoms with Gasteiger partial charge in [0, 0.05) is 16.5 Å². The molecular formula is C14H11Cl2F. The van der Waals surface area contributed by atoms with Gasteiger partial charge in [-0.3, -0.25) is 0 Å². The van der Waals surface area contributed by atoms with Crippen molar-refractivity contribution in [3.63, 3.8) is 0 Å². The zero-order valence-corrected chi connectivity index (χ0v) is 10.5. The highest BCUT2D eigenvalue weighted by atomic mass is 35.5. The van der Waals surface area contributed by atoms with Gasteiger partial charge in [-0.15, -0.1) is 0 Å². The second-order valence-corrected chi connectivity index (χ2v) is 4.72. The lowest BCUT2D eigenvalue weighted by atomic mass is 10.0. The molecule has 2 aromatic carbocycles. The molecule has 1 unspecified atom stereocenters. The third kappa shape index (κ3) is 3.45. The van der Waals surface area contributed by atoms with E-state index in [0.717, 1.165) is 5.56 Å². The Kier molecular flexibility index (Phi) is 4.03. The Bertz CT molecular complexity index is 477. The summed E-state index contributed by atoms with van der Waals surface area (Å²) in [4.78, 5) is 0. The summed E-state index contributed by atoms with van der Waals surface area (Å²) in [5.74, 6) is 0. The van der Waals surface area contributed by atoms with Crippen LogP contribution in [0.15, 0.2) is 48.5 Å². The predicted molar refractivity (Wildman–Crippen MR) is 70.5 cm³/mol. The van der Waals surface area contributed by atoms with E-state index < -0.39 is 6.17 Å². The van der Waals surface area contributed by atoms with Crippen LogP contribution < -0.4 is 0 Å². The molecule has 0 nitrogen and oxygen atoms in total. The van der Waals surface area contributed by atoms with Gasteiger partial charge in [0.1, 0.15) is 6.17 Å². The van der Waals surface area contributed by atoms with Crippen molar-refractivity contribution in [3.05, 3.63) is 69.7 Å². The van der Waals surface area contributed by atoms with Gasteiger partial charge in [-0.05, 0) is 35.4 Å². The molecule has 0 N–H and O–H groups in total. The standard InChI is InChI=1S/C14H11Cl2F/c15-12-5-1-10(2-6-12)9-14(17)11-3-7-13(16)8-4-11/h1-8,14H,9H2. The van der Waals surface area contributed by atoms with Gasteiger partial charge < -0.3 is 0 Å². The van der Waals surface area contributed by atoms with Gasteiger partial charge in [-0.2, -0.15) is 0 Å². The first kappa shape index (κ1) is 12.4. The van der Waals surface area contributed by atoms with Gasteiger partial charge in [0.25, 0.3) is 0 Å². The van der Waals surface area contributed by atoms with E-state index in [9.17, 15) is 4.39 Å². The Morgan fingerprint density at radius 1 is 0.824 bits per heavy atom. The molecule has 0 spiro atoms. The fourth-order valence-corrected chi connectivity index (χ4v) is 1.87. The summed E-state index contributed by atoms with van der Waals surface area (Å²) in [6, 6.07) is 14.0. The number of alkyl halides is 1. The summed E-state index contributed by atoms with van der Waals surface area (Å²) < 4.78 is 14.0. The molecule has 2 rings (SSSR count). The van der Waals surface area contributed by atoms with Crippen molar-refractivity contribution in [2.24, 2.45) is 0 Å². The Morgan fingerprint density at radius 3 is 1.82 bits per heavy atom. The van der Waals surface area contributed by atoms with Crippen LogP contribution in [0.1, 0.15) is 17.3 Å². The highest BCUT2D eigenvalue weighted by molar-refractivity contribution is 6.30. The molecule has 0 saturated heterocycles. The second kappa shape index (κ2) is 5.52. The zero-order valence-electron chi connectivity index (χ0n) is 9.04. The van der Waals surface area contributed by atoms with Crippen molar-refractivity contribution in [1.29, 1.82) is 0 Å². The lowest BCUT2D eigenvalue weighted by Gasteiger charge is -2.08.